The average Bonchev–Trinajstić information content (AvgIpc) is 3.36. The molecule has 0 bridgehead atoms. The maximum absolute atomic E-state index is 13.1. The predicted molar refractivity (Wildman–Crippen MR) is 125 cm³/mol. The largest absolute Gasteiger partial charge is 0.388 e. The van der Waals surface area contributed by atoms with Gasteiger partial charge in [0.1, 0.15) is 11.3 Å². The number of hydrogen-bond acceptors (Lipinski definition) is 7. The van der Waals surface area contributed by atoms with Gasteiger partial charge in [0.15, 0.2) is 0 Å². The van der Waals surface area contributed by atoms with Crippen molar-refractivity contribution in [1.29, 1.82) is 0 Å². The van der Waals surface area contributed by atoms with Crippen molar-refractivity contribution in [2.45, 2.75) is 51.9 Å². The van der Waals surface area contributed by atoms with Crippen LogP contribution in [0.3, 0.4) is 0 Å². The van der Waals surface area contributed by atoms with Gasteiger partial charge in [-0.05, 0) is 68.2 Å². The summed E-state index contributed by atoms with van der Waals surface area (Å²) in [5.41, 5.74) is 3.47. The van der Waals surface area contributed by atoms with E-state index in [9.17, 15) is 9.90 Å². The molecule has 1 amide bonds. The summed E-state index contributed by atoms with van der Waals surface area (Å²) in [5.74, 6) is 0.268. The first kappa shape index (κ1) is 22.2. The molecule has 3 aromatic heterocycles. The van der Waals surface area contributed by atoms with Crippen LogP contribution >= 0.6 is 0 Å². The number of hydrogen-bond donors (Lipinski definition) is 2. The molecular formula is C24H27N7O3. The number of ether oxygens (including phenoxy) is 1. The van der Waals surface area contributed by atoms with Crippen LogP contribution in [-0.4, -0.2) is 52.8 Å². The van der Waals surface area contributed by atoms with Crippen molar-refractivity contribution in [3.8, 4) is 11.4 Å². The molecule has 1 saturated carbocycles. The van der Waals surface area contributed by atoms with Crippen LogP contribution in [0.15, 0.2) is 42.7 Å². The Balaban J connectivity index is 1.32. The molecule has 0 atom stereocenters. The maximum Gasteiger partial charge on any atom is 0.274 e. The van der Waals surface area contributed by atoms with Gasteiger partial charge in [-0.3, -0.25) is 9.20 Å². The summed E-state index contributed by atoms with van der Waals surface area (Å²) < 4.78 is 7.30. The first-order valence-electron chi connectivity index (χ1n) is 11.2. The van der Waals surface area contributed by atoms with Crippen LogP contribution < -0.4 is 5.32 Å². The minimum absolute atomic E-state index is 0.227. The lowest BCUT2D eigenvalue weighted by molar-refractivity contribution is -0.0268. The van der Waals surface area contributed by atoms with Gasteiger partial charge in [0.25, 0.3) is 5.91 Å². The summed E-state index contributed by atoms with van der Waals surface area (Å²) in [4.78, 5) is 19.1. The minimum Gasteiger partial charge on any atom is -0.388 e. The molecule has 0 spiro atoms. The SMILES string of the molecule is Cc1ccc(-c2nnn(C3CC3)n2)cc1NC(=O)c1cnc2cc(COCC(C)(C)O)ccn12. The molecule has 176 valence electrons. The van der Waals surface area contributed by atoms with Crippen molar-refractivity contribution in [3.63, 3.8) is 0 Å². The van der Waals surface area contributed by atoms with E-state index in [1.807, 2.05) is 37.3 Å². The molecule has 10 heteroatoms. The number of tetrazole rings is 1. The van der Waals surface area contributed by atoms with Crippen LogP contribution in [-0.2, 0) is 11.3 Å². The fourth-order valence-corrected chi connectivity index (χ4v) is 3.58. The second-order valence-corrected chi connectivity index (χ2v) is 9.36. The molecule has 2 N–H and O–H groups in total. The molecule has 0 saturated heterocycles. The lowest BCUT2D eigenvalue weighted by Gasteiger charge is -2.16. The van der Waals surface area contributed by atoms with Crippen LogP contribution in [0.2, 0.25) is 0 Å². The molecule has 0 aliphatic heterocycles. The van der Waals surface area contributed by atoms with E-state index >= 15 is 0 Å². The van der Waals surface area contributed by atoms with E-state index in [1.165, 1.54) is 0 Å². The van der Waals surface area contributed by atoms with Crippen molar-refractivity contribution in [2.75, 3.05) is 11.9 Å². The number of rotatable bonds is 8. The third-order valence-electron chi connectivity index (χ3n) is 5.58. The number of benzene rings is 1. The summed E-state index contributed by atoms with van der Waals surface area (Å²) in [6.45, 7) is 5.90. The third-order valence-corrected chi connectivity index (χ3v) is 5.58. The van der Waals surface area contributed by atoms with Crippen molar-refractivity contribution in [1.82, 2.24) is 29.6 Å². The smallest absolute Gasteiger partial charge is 0.274 e. The molecule has 0 radical (unpaired) electrons. The zero-order valence-corrected chi connectivity index (χ0v) is 19.4. The molecular weight excluding hydrogens is 434 g/mol. The van der Waals surface area contributed by atoms with E-state index in [2.05, 4.69) is 25.7 Å². The highest BCUT2D eigenvalue weighted by Gasteiger charge is 2.26. The highest BCUT2D eigenvalue weighted by Crippen LogP contribution is 2.33. The van der Waals surface area contributed by atoms with Crippen LogP contribution in [0.4, 0.5) is 5.69 Å². The number of aromatic nitrogens is 6. The summed E-state index contributed by atoms with van der Waals surface area (Å²) in [6, 6.07) is 9.81. The van der Waals surface area contributed by atoms with Crippen LogP contribution in [0.5, 0.6) is 0 Å². The first-order chi connectivity index (χ1) is 16.3. The highest BCUT2D eigenvalue weighted by atomic mass is 16.5. The van der Waals surface area contributed by atoms with Gasteiger partial charge in [0.2, 0.25) is 5.82 Å². The Morgan fingerprint density at radius 2 is 2.09 bits per heavy atom. The van der Waals surface area contributed by atoms with Crippen LogP contribution in [0.25, 0.3) is 17.0 Å². The second kappa shape index (κ2) is 8.62. The quantitative estimate of drug-likeness (QED) is 0.414. The van der Waals surface area contributed by atoms with Gasteiger partial charge in [-0.15, -0.1) is 10.2 Å². The number of nitrogens with zero attached hydrogens (tertiary/aromatic N) is 6. The van der Waals surface area contributed by atoms with E-state index in [0.29, 0.717) is 35.5 Å². The standard InChI is InChI=1S/C24H27N7O3/c1-15-4-5-17(22-27-29-31(28-22)18-6-7-18)11-19(15)26-23(32)20-12-25-21-10-16(8-9-30(20)21)13-34-14-24(2,3)33/h4-5,8-12,18,33H,6-7,13-14H2,1-3H3,(H,26,32). The summed E-state index contributed by atoms with van der Waals surface area (Å²) in [6.07, 6.45) is 5.51. The molecule has 34 heavy (non-hydrogen) atoms. The molecule has 1 aliphatic rings. The third kappa shape index (κ3) is 4.82. The number of imidazole rings is 1. The normalized spacial score (nSPS) is 14.0. The van der Waals surface area contributed by atoms with Gasteiger partial charge in [-0.2, -0.15) is 4.80 Å². The number of aryl methyl sites for hydroxylation is 1. The summed E-state index contributed by atoms with van der Waals surface area (Å²) in [7, 11) is 0. The van der Waals surface area contributed by atoms with E-state index < -0.39 is 5.60 Å². The Morgan fingerprint density at radius 3 is 2.85 bits per heavy atom. The fourth-order valence-electron chi connectivity index (χ4n) is 3.58. The van der Waals surface area contributed by atoms with E-state index in [1.54, 1.807) is 35.4 Å². The number of amides is 1. The molecule has 0 unspecified atom stereocenters. The van der Waals surface area contributed by atoms with Gasteiger partial charge in [-0.25, -0.2) is 4.98 Å². The zero-order valence-electron chi connectivity index (χ0n) is 19.4. The zero-order chi connectivity index (χ0) is 23.9. The summed E-state index contributed by atoms with van der Waals surface area (Å²) >= 11 is 0. The average molecular weight is 462 g/mol. The van der Waals surface area contributed by atoms with Crippen molar-refractivity contribution in [2.24, 2.45) is 0 Å². The molecule has 3 heterocycles. The Kier molecular flexibility index (Phi) is 5.62. The predicted octanol–water partition coefficient (Wildman–Crippen LogP) is 3.17. The monoisotopic (exact) mass is 461 g/mol. The van der Waals surface area contributed by atoms with E-state index in [-0.39, 0.29) is 12.5 Å². The molecule has 1 aliphatic carbocycles. The Bertz CT molecular complexity index is 1350. The maximum atomic E-state index is 13.1. The Labute approximate surface area is 196 Å². The van der Waals surface area contributed by atoms with Crippen molar-refractivity contribution >= 4 is 17.2 Å². The number of pyridine rings is 1. The van der Waals surface area contributed by atoms with Gasteiger partial charge in [-0.1, -0.05) is 12.1 Å². The molecule has 4 aromatic rings. The molecule has 10 nitrogen and oxygen atoms in total. The minimum atomic E-state index is -0.887. The number of carbonyl (C=O) groups excluding carboxylic acids is 1. The molecule has 1 fully saturated rings. The van der Waals surface area contributed by atoms with Crippen molar-refractivity contribution < 1.29 is 14.6 Å². The van der Waals surface area contributed by atoms with E-state index in [0.717, 1.165) is 29.5 Å². The lowest BCUT2D eigenvalue weighted by atomic mass is 10.1. The lowest BCUT2D eigenvalue weighted by Crippen LogP contribution is -2.25. The fraction of sp³-hybridized carbons (Fsp3) is 0.375. The van der Waals surface area contributed by atoms with Gasteiger partial charge < -0.3 is 15.2 Å². The Morgan fingerprint density at radius 1 is 1.26 bits per heavy atom. The number of aliphatic hydroxyl groups is 1. The van der Waals surface area contributed by atoms with Crippen LogP contribution in [0.1, 0.15) is 54.3 Å². The number of anilines is 1. The van der Waals surface area contributed by atoms with Crippen LogP contribution in [0, 0.1) is 6.92 Å². The topological polar surface area (TPSA) is 119 Å². The Hall–Kier alpha value is -3.63. The first-order valence-corrected chi connectivity index (χ1v) is 11.2. The number of carbonyl (C=O) groups is 1. The number of fused-ring (bicyclic) bond motifs is 1. The summed E-state index contributed by atoms with van der Waals surface area (Å²) in [5, 5.41) is 25.5. The second-order valence-electron chi connectivity index (χ2n) is 9.36. The van der Waals surface area contributed by atoms with Gasteiger partial charge in [0.05, 0.1) is 31.1 Å². The number of nitrogens with one attached hydrogen (secondary N) is 1. The molecule has 5 rings (SSSR count). The van der Waals surface area contributed by atoms with Crippen molar-refractivity contribution in [3.05, 3.63) is 59.5 Å². The highest BCUT2D eigenvalue weighted by molar-refractivity contribution is 6.04. The van der Waals surface area contributed by atoms with E-state index in [4.69, 9.17) is 4.74 Å². The van der Waals surface area contributed by atoms with Gasteiger partial charge in [0, 0.05) is 17.4 Å². The molecule has 1 aromatic carbocycles. The van der Waals surface area contributed by atoms with Gasteiger partial charge >= 0.3 is 0 Å².